The van der Waals surface area contributed by atoms with E-state index in [9.17, 15) is 4.79 Å². The zero-order valence-electron chi connectivity index (χ0n) is 16.5. The first kappa shape index (κ1) is 20.3. The molecule has 0 radical (unpaired) electrons. The predicted octanol–water partition coefficient (Wildman–Crippen LogP) is 5.35. The number of methoxy groups -OCH3 is 2. The van der Waals surface area contributed by atoms with Crippen molar-refractivity contribution in [2.45, 2.75) is 10.9 Å². The van der Waals surface area contributed by atoms with Crippen LogP contribution in [0.25, 0.3) is 16.6 Å². The van der Waals surface area contributed by atoms with Crippen LogP contribution in [0, 0.1) is 0 Å². The van der Waals surface area contributed by atoms with E-state index < -0.39 is 0 Å². The van der Waals surface area contributed by atoms with E-state index in [2.05, 4.69) is 0 Å². The number of nitrogens with zero attached hydrogens (tertiary/aromatic N) is 2. The van der Waals surface area contributed by atoms with Gasteiger partial charge in [-0.1, -0.05) is 53.7 Å². The van der Waals surface area contributed by atoms with Crippen LogP contribution < -0.4 is 15.0 Å². The molecule has 0 N–H and O–H groups in total. The molecule has 4 rings (SSSR count). The lowest BCUT2D eigenvalue weighted by molar-refractivity contribution is 0.392. The van der Waals surface area contributed by atoms with E-state index in [1.807, 2.05) is 42.5 Å². The molecule has 4 aromatic rings. The number of benzene rings is 3. The first-order valence-corrected chi connectivity index (χ1v) is 10.6. The molecule has 0 spiro atoms. The Balaban J connectivity index is 1.89. The summed E-state index contributed by atoms with van der Waals surface area (Å²) < 4.78 is 12.4. The summed E-state index contributed by atoms with van der Waals surface area (Å²) in [5, 5.41) is 1.78. The highest BCUT2D eigenvalue weighted by molar-refractivity contribution is 7.98. The number of para-hydroxylation sites is 1. The van der Waals surface area contributed by atoms with E-state index in [0.717, 1.165) is 5.56 Å². The number of hydrogen-bond acceptors (Lipinski definition) is 5. The molecule has 0 bridgehead atoms. The Labute approximate surface area is 183 Å². The molecule has 0 aliphatic heterocycles. The van der Waals surface area contributed by atoms with Crippen LogP contribution >= 0.6 is 23.4 Å². The number of ether oxygens (including phenoxy) is 2. The molecule has 5 nitrogen and oxygen atoms in total. The summed E-state index contributed by atoms with van der Waals surface area (Å²) in [5.41, 5.74) is 2.06. The number of aromatic nitrogens is 2. The van der Waals surface area contributed by atoms with Crippen LogP contribution in [0.3, 0.4) is 0 Å². The van der Waals surface area contributed by atoms with Gasteiger partial charge in [-0.2, -0.15) is 0 Å². The summed E-state index contributed by atoms with van der Waals surface area (Å²) in [7, 11) is 3.15. The van der Waals surface area contributed by atoms with Crippen molar-refractivity contribution in [2.24, 2.45) is 0 Å². The lowest BCUT2D eigenvalue weighted by atomic mass is 10.2. The van der Waals surface area contributed by atoms with Crippen LogP contribution in [-0.4, -0.2) is 23.8 Å². The third-order valence-electron chi connectivity index (χ3n) is 4.69. The molecule has 0 atom stereocenters. The van der Waals surface area contributed by atoms with Gasteiger partial charge in [0.25, 0.3) is 5.56 Å². The van der Waals surface area contributed by atoms with Crippen LogP contribution in [0.4, 0.5) is 0 Å². The summed E-state index contributed by atoms with van der Waals surface area (Å²) in [5.74, 6) is 1.74. The number of halogens is 1. The SMILES string of the molecule is COc1ccc(-n2c(SCc3ccccc3Cl)nc3ccccc3c2=O)c(OC)c1. The highest BCUT2D eigenvalue weighted by atomic mass is 35.5. The normalized spacial score (nSPS) is 10.9. The molecule has 0 aliphatic rings. The molecule has 152 valence electrons. The maximum absolute atomic E-state index is 13.4. The first-order valence-electron chi connectivity index (χ1n) is 9.22. The quantitative estimate of drug-likeness (QED) is 0.300. The molecule has 1 heterocycles. The summed E-state index contributed by atoms with van der Waals surface area (Å²) >= 11 is 7.77. The topological polar surface area (TPSA) is 53.4 Å². The van der Waals surface area contributed by atoms with Gasteiger partial charge in [0.1, 0.15) is 11.5 Å². The minimum atomic E-state index is -0.161. The number of fused-ring (bicyclic) bond motifs is 1. The summed E-state index contributed by atoms with van der Waals surface area (Å²) in [6, 6.07) is 20.3. The highest BCUT2D eigenvalue weighted by Gasteiger charge is 2.17. The molecule has 3 aromatic carbocycles. The van der Waals surface area contributed by atoms with Gasteiger partial charge in [-0.15, -0.1) is 0 Å². The lowest BCUT2D eigenvalue weighted by Crippen LogP contribution is -2.22. The average molecular weight is 439 g/mol. The smallest absolute Gasteiger partial charge is 0.266 e. The van der Waals surface area contributed by atoms with Gasteiger partial charge in [-0.25, -0.2) is 4.98 Å². The number of rotatable bonds is 6. The zero-order chi connectivity index (χ0) is 21.1. The van der Waals surface area contributed by atoms with Gasteiger partial charge in [0.05, 0.1) is 30.8 Å². The molecular weight excluding hydrogens is 420 g/mol. The van der Waals surface area contributed by atoms with Gasteiger partial charge in [0.15, 0.2) is 5.16 Å². The minimum absolute atomic E-state index is 0.161. The number of hydrogen-bond donors (Lipinski definition) is 0. The van der Waals surface area contributed by atoms with Crippen molar-refractivity contribution in [3.8, 4) is 17.2 Å². The van der Waals surface area contributed by atoms with Crippen LogP contribution in [-0.2, 0) is 5.75 Å². The Bertz CT molecular complexity index is 1270. The molecular formula is C23H19ClN2O3S. The van der Waals surface area contributed by atoms with Crippen molar-refractivity contribution in [1.82, 2.24) is 9.55 Å². The van der Waals surface area contributed by atoms with E-state index in [1.54, 1.807) is 43.1 Å². The molecule has 30 heavy (non-hydrogen) atoms. The summed E-state index contributed by atoms with van der Waals surface area (Å²) in [6.07, 6.45) is 0. The van der Waals surface area contributed by atoms with Crippen molar-refractivity contribution in [3.05, 3.63) is 87.7 Å². The van der Waals surface area contributed by atoms with Crippen LogP contribution in [0.5, 0.6) is 11.5 Å². The van der Waals surface area contributed by atoms with E-state index >= 15 is 0 Å². The maximum atomic E-state index is 13.4. The second-order valence-electron chi connectivity index (χ2n) is 6.47. The number of thioether (sulfide) groups is 1. The van der Waals surface area contributed by atoms with Gasteiger partial charge in [-0.3, -0.25) is 9.36 Å². The Kier molecular flexibility index (Phi) is 5.97. The minimum Gasteiger partial charge on any atom is -0.497 e. The Hall–Kier alpha value is -2.96. The third-order valence-corrected chi connectivity index (χ3v) is 6.04. The van der Waals surface area contributed by atoms with E-state index in [1.165, 1.54) is 11.8 Å². The summed E-state index contributed by atoms with van der Waals surface area (Å²) in [4.78, 5) is 18.2. The second kappa shape index (κ2) is 8.81. The zero-order valence-corrected chi connectivity index (χ0v) is 18.0. The Morgan fingerprint density at radius 1 is 1.00 bits per heavy atom. The second-order valence-corrected chi connectivity index (χ2v) is 7.82. The van der Waals surface area contributed by atoms with Gasteiger partial charge in [0, 0.05) is 16.8 Å². The molecule has 0 saturated heterocycles. The monoisotopic (exact) mass is 438 g/mol. The van der Waals surface area contributed by atoms with Gasteiger partial charge in [-0.05, 0) is 35.9 Å². The molecule has 0 fully saturated rings. The van der Waals surface area contributed by atoms with Crippen LogP contribution in [0.1, 0.15) is 5.56 Å². The molecule has 0 unspecified atom stereocenters. The fraction of sp³-hybridized carbons (Fsp3) is 0.130. The van der Waals surface area contributed by atoms with Crippen molar-refractivity contribution >= 4 is 34.3 Å². The fourth-order valence-electron chi connectivity index (χ4n) is 3.15. The van der Waals surface area contributed by atoms with Crippen molar-refractivity contribution < 1.29 is 9.47 Å². The van der Waals surface area contributed by atoms with Crippen molar-refractivity contribution in [2.75, 3.05) is 14.2 Å². The van der Waals surface area contributed by atoms with Crippen molar-refractivity contribution in [3.63, 3.8) is 0 Å². The van der Waals surface area contributed by atoms with E-state index in [0.29, 0.717) is 44.0 Å². The molecule has 0 saturated carbocycles. The Morgan fingerprint density at radius 3 is 2.53 bits per heavy atom. The first-order chi connectivity index (χ1) is 14.6. The largest absolute Gasteiger partial charge is 0.497 e. The molecule has 0 amide bonds. The fourth-order valence-corrected chi connectivity index (χ4v) is 4.44. The standard InChI is InChI=1S/C23H19ClN2O3S/c1-28-16-11-12-20(21(13-16)29-2)26-22(27)17-8-4-6-10-19(17)25-23(26)30-14-15-7-3-5-9-18(15)24/h3-13H,14H2,1-2H3. The van der Waals surface area contributed by atoms with E-state index in [-0.39, 0.29) is 5.56 Å². The van der Waals surface area contributed by atoms with Crippen molar-refractivity contribution in [1.29, 1.82) is 0 Å². The lowest BCUT2D eigenvalue weighted by Gasteiger charge is -2.16. The molecule has 0 aliphatic carbocycles. The molecule has 1 aromatic heterocycles. The maximum Gasteiger partial charge on any atom is 0.266 e. The van der Waals surface area contributed by atoms with Gasteiger partial charge < -0.3 is 9.47 Å². The predicted molar refractivity (Wildman–Crippen MR) is 121 cm³/mol. The van der Waals surface area contributed by atoms with Crippen LogP contribution in [0.2, 0.25) is 5.02 Å². The third kappa shape index (κ3) is 3.88. The average Bonchev–Trinajstić information content (AvgIpc) is 2.78. The van der Waals surface area contributed by atoms with E-state index in [4.69, 9.17) is 26.1 Å². The van der Waals surface area contributed by atoms with Crippen LogP contribution in [0.15, 0.2) is 76.7 Å². The van der Waals surface area contributed by atoms with Gasteiger partial charge in [0.2, 0.25) is 0 Å². The summed E-state index contributed by atoms with van der Waals surface area (Å²) in [6.45, 7) is 0. The van der Waals surface area contributed by atoms with Gasteiger partial charge >= 0.3 is 0 Å². The molecule has 7 heteroatoms. The Morgan fingerprint density at radius 2 is 1.77 bits per heavy atom. The highest BCUT2D eigenvalue weighted by Crippen LogP contribution is 2.32.